The molecule has 0 aliphatic carbocycles. The lowest BCUT2D eigenvalue weighted by Crippen LogP contribution is -2.32. The Hall–Kier alpha value is -2.49. The number of benzene rings is 2. The number of ether oxygens (including phenoxy) is 1. The maximum Gasteiger partial charge on any atom is 0.231 e. The number of nitrogens with one attached hydrogen (secondary N) is 1. The highest BCUT2D eigenvalue weighted by molar-refractivity contribution is 5.93. The van der Waals surface area contributed by atoms with Gasteiger partial charge in [-0.3, -0.25) is 4.79 Å². The normalized spacial score (nSPS) is 16.7. The van der Waals surface area contributed by atoms with Crippen LogP contribution in [0.5, 0.6) is 5.75 Å². The van der Waals surface area contributed by atoms with Crippen LogP contribution in [0.4, 0.5) is 11.4 Å². The minimum atomic E-state index is -0.178. The van der Waals surface area contributed by atoms with E-state index in [9.17, 15) is 4.79 Å². The predicted molar refractivity (Wildman–Crippen MR) is 83.4 cm³/mol. The van der Waals surface area contributed by atoms with Crippen molar-refractivity contribution < 1.29 is 9.53 Å². The molecule has 0 radical (unpaired) electrons. The van der Waals surface area contributed by atoms with E-state index in [0.717, 1.165) is 22.6 Å². The van der Waals surface area contributed by atoms with Crippen LogP contribution in [0.25, 0.3) is 0 Å². The van der Waals surface area contributed by atoms with E-state index >= 15 is 0 Å². The molecule has 1 unspecified atom stereocenters. The molecule has 1 aliphatic rings. The van der Waals surface area contributed by atoms with E-state index in [-0.39, 0.29) is 11.8 Å². The van der Waals surface area contributed by atoms with Crippen molar-refractivity contribution in [1.29, 1.82) is 0 Å². The quantitative estimate of drug-likeness (QED) is 0.832. The molecule has 3 N–H and O–H groups in total. The van der Waals surface area contributed by atoms with E-state index in [1.807, 2.05) is 43.3 Å². The Kier molecular flexibility index (Phi) is 3.52. The molecule has 0 bridgehead atoms. The number of amides is 1. The highest BCUT2D eigenvalue weighted by Gasteiger charge is 2.25. The van der Waals surface area contributed by atoms with Gasteiger partial charge in [0.2, 0.25) is 5.91 Å². The Balaban J connectivity index is 1.70. The maximum atomic E-state index is 12.3. The molecule has 1 atom stereocenters. The van der Waals surface area contributed by atoms with Gasteiger partial charge in [-0.1, -0.05) is 24.3 Å². The Morgan fingerprint density at radius 2 is 2.10 bits per heavy atom. The smallest absolute Gasteiger partial charge is 0.231 e. The molecule has 0 saturated carbocycles. The third-order valence-electron chi connectivity index (χ3n) is 3.80. The van der Waals surface area contributed by atoms with Crippen molar-refractivity contribution in [1.82, 2.24) is 0 Å². The summed E-state index contributed by atoms with van der Waals surface area (Å²) in [6, 6.07) is 13.4. The van der Waals surface area contributed by atoms with Crippen LogP contribution >= 0.6 is 0 Å². The zero-order chi connectivity index (χ0) is 14.8. The molecule has 2 aromatic carbocycles. The molecule has 0 aromatic heterocycles. The number of carbonyl (C=O) groups is 1. The molecular formula is C17H18N2O2. The summed E-state index contributed by atoms with van der Waals surface area (Å²) in [4.78, 5) is 12.3. The van der Waals surface area contributed by atoms with Crippen molar-refractivity contribution in [3.05, 3.63) is 53.6 Å². The molecule has 0 saturated heterocycles. The lowest BCUT2D eigenvalue weighted by molar-refractivity contribution is -0.121. The fourth-order valence-corrected chi connectivity index (χ4v) is 2.46. The monoisotopic (exact) mass is 282 g/mol. The fraction of sp³-hybridized carbons (Fsp3) is 0.235. The number of rotatable bonds is 2. The van der Waals surface area contributed by atoms with Crippen LogP contribution in [0.3, 0.4) is 0 Å². The van der Waals surface area contributed by atoms with Gasteiger partial charge in [0.05, 0.1) is 5.92 Å². The van der Waals surface area contributed by atoms with Crippen LogP contribution < -0.4 is 15.8 Å². The van der Waals surface area contributed by atoms with Gasteiger partial charge in [0.25, 0.3) is 0 Å². The molecular weight excluding hydrogens is 264 g/mol. The van der Waals surface area contributed by atoms with Gasteiger partial charge in [0.15, 0.2) is 0 Å². The molecule has 2 aromatic rings. The number of carbonyl (C=O) groups excluding carboxylic acids is 1. The number of para-hydroxylation sites is 1. The third-order valence-corrected chi connectivity index (χ3v) is 3.80. The standard InChI is InChI=1S/C17H18N2O2/c1-11-6-7-14(9-15(11)18)19-17(20)13-8-12-4-2-3-5-16(12)21-10-13/h2-7,9,13H,8,10,18H2,1H3,(H,19,20). The largest absolute Gasteiger partial charge is 0.492 e. The van der Waals surface area contributed by atoms with Crippen LogP contribution in [0.2, 0.25) is 0 Å². The van der Waals surface area contributed by atoms with Gasteiger partial charge < -0.3 is 15.8 Å². The Bertz CT molecular complexity index is 682. The van der Waals surface area contributed by atoms with Crippen molar-refractivity contribution in [3.8, 4) is 5.75 Å². The van der Waals surface area contributed by atoms with Crippen LogP contribution in [-0.2, 0) is 11.2 Å². The molecule has 1 heterocycles. The van der Waals surface area contributed by atoms with Gasteiger partial charge in [-0.25, -0.2) is 0 Å². The summed E-state index contributed by atoms with van der Waals surface area (Å²) < 4.78 is 5.65. The van der Waals surface area contributed by atoms with Gasteiger partial charge in [-0.2, -0.15) is 0 Å². The number of hydrogen-bond donors (Lipinski definition) is 2. The summed E-state index contributed by atoms with van der Waals surface area (Å²) in [5.41, 5.74) is 9.34. The molecule has 0 fully saturated rings. The highest BCUT2D eigenvalue weighted by Crippen LogP contribution is 2.27. The molecule has 4 nitrogen and oxygen atoms in total. The summed E-state index contributed by atoms with van der Waals surface area (Å²) in [5.74, 6) is 0.663. The fourth-order valence-electron chi connectivity index (χ4n) is 2.46. The number of hydrogen-bond acceptors (Lipinski definition) is 3. The van der Waals surface area contributed by atoms with Crippen molar-refractivity contribution in [3.63, 3.8) is 0 Å². The molecule has 4 heteroatoms. The van der Waals surface area contributed by atoms with E-state index in [1.54, 1.807) is 6.07 Å². The van der Waals surface area contributed by atoms with Crippen LogP contribution in [-0.4, -0.2) is 12.5 Å². The van der Waals surface area contributed by atoms with Gasteiger partial charge in [0, 0.05) is 11.4 Å². The Morgan fingerprint density at radius 3 is 2.90 bits per heavy atom. The van der Waals surface area contributed by atoms with E-state index in [2.05, 4.69) is 5.32 Å². The third kappa shape index (κ3) is 2.84. The van der Waals surface area contributed by atoms with Gasteiger partial charge in [-0.15, -0.1) is 0 Å². The van der Waals surface area contributed by atoms with E-state index in [4.69, 9.17) is 10.5 Å². The summed E-state index contributed by atoms with van der Waals surface area (Å²) >= 11 is 0. The number of fused-ring (bicyclic) bond motifs is 1. The van der Waals surface area contributed by atoms with Gasteiger partial charge in [-0.05, 0) is 42.7 Å². The molecule has 0 spiro atoms. The highest BCUT2D eigenvalue weighted by atomic mass is 16.5. The number of anilines is 2. The van der Waals surface area contributed by atoms with Crippen molar-refractivity contribution in [2.24, 2.45) is 5.92 Å². The lowest BCUT2D eigenvalue weighted by Gasteiger charge is -2.24. The average molecular weight is 282 g/mol. The zero-order valence-corrected chi connectivity index (χ0v) is 11.9. The van der Waals surface area contributed by atoms with Crippen LogP contribution in [0.15, 0.2) is 42.5 Å². The molecule has 108 valence electrons. The topological polar surface area (TPSA) is 64.3 Å². The molecule has 3 rings (SSSR count). The van der Waals surface area contributed by atoms with E-state index < -0.39 is 0 Å². The predicted octanol–water partition coefficient (Wildman–Crippen LogP) is 2.77. The first kappa shape index (κ1) is 13.5. The Labute approximate surface area is 123 Å². The van der Waals surface area contributed by atoms with Crippen molar-refractivity contribution in [2.75, 3.05) is 17.7 Å². The van der Waals surface area contributed by atoms with Crippen LogP contribution in [0.1, 0.15) is 11.1 Å². The first-order valence-electron chi connectivity index (χ1n) is 7.01. The first-order chi connectivity index (χ1) is 10.1. The average Bonchev–Trinajstić information content (AvgIpc) is 2.50. The van der Waals surface area contributed by atoms with Crippen molar-refractivity contribution in [2.45, 2.75) is 13.3 Å². The number of aryl methyl sites for hydroxylation is 1. The van der Waals surface area contributed by atoms with Crippen LogP contribution in [0, 0.1) is 12.8 Å². The van der Waals surface area contributed by atoms with Gasteiger partial charge in [0.1, 0.15) is 12.4 Å². The summed E-state index contributed by atoms with van der Waals surface area (Å²) in [5, 5.41) is 2.91. The Morgan fingerprint density at radius 1 is 1.29 bits per heavy atom. The number of nitrogen functional groups attached to an aromatic ring is 1. The molecule has 1 amide bonds. The van der Waals surface area contributed by atoms with E-state index in [0.29, 0.717) is 18.7 Å². The van der Waals surface area contributed by atoms with Crippen molar-refractivity contribution >= 4 is 17.3 Å². The second kappa shape index (κ2) is 5.48. The van der Waals surface area contributed by atoms with E-state index in [1.165, 1.54) is 0 Å². The first-order valence-corrected chi connectivity index (χ1v) is 7.01. The van der Waals surface area contributed by atoms with Gasteiger partial charge >= 0.3 is 0 Å². The maximum absolute atomic E-state index is 12.3. The second-order valence-corrected chi connectivity index (χ2v) is 5.38. The molecule has 21 heavy (non-hydrogen) atoms. The summed E-state index contributed by atoms with van der Waals surface area (Å²) in [7, 11) is 0. The minimum absolute atomic E-state index is 0.0345. The zero-order valence-electron chi connectivity index (χ0n) is 11.9. The molecule has 1 aliphatic heterocycles. The summed E-state index contributed by atoms with van der Waals surface area (Å²) in [6.45, 7) is 2.34. The number of nitrogens with two attached hydrogens (primary N) is 1. The summed E-state index contributed by atoms with van der Waals surface area (Å²) in [6.07, 6.45) is 0.698. The second-order valence-electron chi connectivity index (χ2n) is 5.38. The minimum Gasteiger partial charge on any atom is -0.492 e. The lowest BCUT2D eigenvalue weighted by atomic mass is 9.96. The SMILES string of the molecule is Cc1ccc(NC(=O)C2COc3ccccc3C2)cc1N.